The Morgan fingerprint density at radius 2 is 1.54 bits per heavy atom. The molecule has 0 saturated heterocycles. The summed E-state index contributed by atoms with van der Waals surface area (Å²) < 4.78 is 12.1. The van der Waals surface area contributed by atoms with E-state index in [-0.39, 0.29) is 5.91 Å². The Morgan fingerprint density at radius 1 is 0.964 bits per heavy atom. The summed E-state index contributed by atoms with van der Waals surface area (Å²) in [5.41, 5.74) is 2.30. The van der Waals surface area contributed by atoms with Gasteiger partial charge in [-0.15, -0.1) is 0 Å². The number of amides is 1. The number of carbonyl (C=O) groups is 1. The third-order valence-electron chi connectivity index (χ3n) is 3.97. The number of rotatable bonds is 9. The van der Waals surface area contributed by atoms with Crippen molar-refractivity contribution in [1.29, 1.82) is 0 Å². The van der Waals surface area contributed by atoms with Crippen LogP contribution in [0.1, 0.15) is 11.1 Å². The van der Waals surface area contributed by atoms with Crippen LogP contribution in [-0.4, -0.2) is 39.5 Å². The van der Waals surface area contributed by atoms with Gasteiger partial charge in [0, 0.05) is 13.0 Å². The smallest absolute Gasteiger partial charge is 0.269 e. The van der Waals surface area contributed by atoms with Gasteiger partial charge < -0.3 is 19.6 Å². The van der Waals surface area contributed by atoms with Crippen LogP contribution in [0.3, 0.4) is 0 Å². The van der Waals surface area contributed by atoms with E-state index in [1.807, 2.05) is 36.4 Å². The first-order valence-corrected chi connectivity index (χ1v) is 10.1. The van der Waals surface area contributed by atoms with Gasteiger partial charge >= 0.3 is 0 Å². The first-order valence-electron chi connectivity index (χ1n) is 8.51. The van der Waals surface area contributed by atoms with Crippen molar-refractivity contribution in [2.45, 2.75) is 12.8 Å². The highest BCUT2D eigenvalue weighted by atomic mass is 79.9. The summed E-state index contributed by atoms with van der Waals surface area (Å²) in [6.07, 6.45) is 1.03. The average molecular weight is 514 g/mol. The molecule has 1 amide bonds. The Kier molecular flexibility index (Phi) is 8.79. The molecule has 2 aromatic rings. The number of halogens is 2. The molecule has 0 spiro atoms. The maximum absolute atomic E-state index is 12.5. The largest absolute Gasteiger partial charge is 0.496 e. The second-order valence-electron chi connectivity index (χ2n) is 5.84. The fraction of sp³-hybridized carbons (Fsp3) is 0.300. The number of benzene rings is 2. The maximum Gasteiger partial charge on any atom is 0.269 e. The quantitative estimate of drug-likeness (QED) is 0.404. The zero-order valence-corrected chi connectivity index (χ0v) is 19.1. The molecule has 0 heterocycles. The molecule has 0 aliphatic rings. The van der Waals surface area contributed by atoms with Crippen LogP contribution in [0.4, 0.5) is 0 Å². The van der Waals surface area contributed by atoms with Gasteiger partial charge in [-0.1, -0.05) is 17.3 Å². The van der Waals surface area contributed by atoms with E-state index in [0.717, 1.165) is 31.6 Å². The molecule has 28 heavy (non-hydrogen) atoms. The summed E-state index contributed by atoms with van der Waals surface area (Å²) in [5.74, 6) is 1.23. The van der Waals surface area contributed by atoms with E-state index in [1.165, 1.54) is 7.11 Å². The van der Waals surface area contributed by atoms with E-state index in [4.69, 9.17) is 14.3 Å². The van der Waals surface area contributed by atoms with Gasteiger partial charge in [-0.25, -0.2) is 0 Å². The molecular formula is C20H22Br2N2O4. The zero-order valence-electron chi connectivity index (χ0n) is 15.9. The second-order valence-corrected chi connectivity index (χ2v) is 7.55. The van der Waals surface area contributed by atoms with Crippen LogP contribution in [0.25, 0.3) is 0 Å². The predicted molar refractivity (Wildman–Crippen MR) is 116 cm³/mol. The Bertz CT molecular complexity index is 856. The van der Waals surface area contributed by atoms with E-state index in [0.29, 0.717) is 25.1 Å². The topological polar surface area (TPSA) is 69.2 Å². The Balaban J connectivity index is 1.96. The normalized spacial score (nSPS) is 11.1. The van der Waals surface area contributed by atoms with E-state index >= 15 is 0 Å². The van der Waals surface area contributed by atoms with Crippen LogP contribution in [0.15, 0.2) is 50.5 Å². The van der Waals surface area contributed by atoms with Crippen molar-refractivity contribution >= 4 is 43.5 Å². The van der Waals surface area contributed by atoms with Gasteiger partial charge in [0.25, 0.3) is 5.91 Å². The van der Waals surface area contributed by atoms with Gasteiger partial charge in [0.1, 0.15) is 24.3 Å². The summed E-state index contributed by atoms with van der Waals surface area (Å²) >= 11 is 6.91. The first-order chi connectivity index (χ1) is 13.5. The number of ether oxygens (including phenoxy) is 2. The summed E-state index contributed by atoms with van der Waals surface area (Å²) in [6, 6.07) is 11.5. The van der Waals surface area contributed by atoms with Gasteiger partial charge in [-0.3, -0.25) is 4.79 Å². The Labute approximate surface area is 181 Å². The molecule has 150 valence electrons. The Morgan fingerprint density at radius 3 is 2.07 bits per heavy atom. The number of hydrogen-bond acceptors (Lipinski definition) is 5. The fourth-order valence-electron chi connectivity index (χ4n) is 2.57. The van der Waals surface area contributed by atoms with Crippen molar-refractivity contribution in [2.24, 2.45) is 5.16 Å². The third-order valence-corrected chi connectivity index (χ3v) is 5.21. The molecular weight excluding hydrogens is 492 g/mol. The number of carbonyl (C=O) groups excluding carboxylic acids is 1. The lowest BCUT2D eigenvalue weighted by Gasteiger charge is -2.10. The Hall–Kier alpha value is -2.06. The van der Waals surface area contributed by atoms with Crippen LogP contribution in [0, 0.1) is 0 Å². The highest BCUT2D eigenvalue weighted by Crippen LogP contribution is 2.26. The zero-order chi connectivity index (χ0) is 20.5. The van der Waals surface area contributed by atoms with Crippen LogP contribution >= 0.6 is 31.9 Å². The van der Waals surface area contributed by atoms with Crippen molar-refractivity contribution in [3.05, 3.63) is 56.5 Å². The molecule has 2 rings (SSSR count). The van der Waals surface area contributed by atoms with Gasteiger partial charge in [0.15, 0.2) is 0 Å². The van der Waals surface area contributed by atoms with Crippen molar-refractivity contribution in [2.75, 3.05) is 27.9 Å². The summed E-state index contributed by atoms with van der Waals surface area (Å²) in [6.45, 7) is 0.479. The van der Waals surface area contributed by atoms with Gasteiger partial charge in [0.05, 0.1) is 23.2 Å². The van der Waals surface area contributed by atoms with E-state index in [9.17, 15) is 4.79 Å². The lowest BCUT2D eigenvalue weighted by Crippen LogP contribution is -2.34. The number of nitrogens with one attached hydrogen (secondary N) is 1. The maximum atomic E-state index is 12.5. The molecule has 0 unspecified atom stereocenters. The third kappa shape index (κ3) is 6.24. The second kappa shape index (κ2) is 11.1. The van der Waals surface area contributed by atoms with Crippen LogP contribution in [0.2, 0.25) is 0 Å². The molecule has 0 radical (unpaired) electrons. The van der Waals surface area contributed by atoms with Gasteiger partial charge in [0.2, 0.25) is 0 Å². The highest BCUT2D eigenvalue weighted by molar-refractivity contribution is 9.10. The minimum Gasteiger partial charge on any atom is -0.496 e. The van der Waals surface area contributed by atoms with Crippen molar-refractivity contribution < 1.29 is 19.1 Å². The minimum atomic E-state index is -0.263. The van der Waals surface area contributed by atoms with Crippen molar-refractivity contribution in [3.8, 4) is 11.5 Å². The molecule has 0 bridgehead atoms. The summed E-state index contributed by atoms with van der Waals surface area (Å²) in [5, 5.41) is 6.78. The van der Waals surface area contributed by atoms with Crippen LogP contribution in [0.5, 0.6) is 11.5 Å². The van der Waals surface area contributed by atoms with Crippen LogP contribution < -0.4 is 14.8 Å². The van der Waals surface area contributed by atoms with Crippen LogP contribution in [-0.2, 0) is 22.5 Å². The standard InChI is InChI=1S/C20H22Br2N2O4/c1-26-18-6-4-13(10-15(18)21)8-9-23-20(25)17(24-28-3)12-14-5-7-19(27-2)16(22)11-14/h4-7,10-11H,8-9,12H2,1-3H3,(H,23,25). The lowest BCUT2D eigenvalue weighted by molar-refractivity contribution is -0.115. The minimum absolute atomic E-state index is 0.263. The predicted octanol–water partition coefficient (Wildman–Crippen LogP) is 4.13. The highest BCUT2D eigenvalue weighted by Gasteiger charge is 2.14. The number of hydrogen-bond donors (Lipinski definition) is 1. The van der Waals surface area contributed by atoms with E-state index in [2.05, 4.69) is 42.3 Å². The molecule has 0 aromatic heterocycles. The average Bonchev–Trinajstić information content (AvgIpc) is 2.68. The summed E-state index contributed by atoms with van der Waals surface area (Å²) in [7, 11) is 4.65. The fourth-order valence-corrected chi connectivity index (χ4v) is 3.74. The number of nitrogens with zero attached hydrogens (tertiary/aromatic N) is 1. The SMILES string of the molecule is CON=C(Cc1ccc(OC)c(Br)c1)C(=O)NCCc1ccc(OC)c(Br)c1. The molecule has 0 fully saturated rings. The van der Waals surface area contributed by atoms with E-state index < -0.39 is 0 Å². The van der Waals surface area contributed by atoms with E-state index in [1.54, 1.807) is 14.2 Å². The monoisotopic (exact) mass is 512 g/mol. The van der Waals surface area contributed by atoms with Gasteiger partial charge in [-0.05, 0) is 73.7 Å². The molecule has 2 aromatic carbocycles. The lowest BCUT2D eigenvalue weighted by atomic mass is 10.1. The number of oxime groups is 1. The van der Waals surface area contributed by atoms with Crippen molar-refractivity contribution in [3.63, 3.8) is 0 Å². The molecule has 0 atom stereocenters. The first kappa shape index (κ1) is 22.2. The molecule has 6 nitrogen and oxygen atoms in total. The van der Waals surface area contributed by atoms with Crippen molar-refractivity contribution in [1.82, 2.24) is 5.32 Å². The van der Waals surface area contributed by atoms with Gasteiger partial charge in [-0.2, -0.15) is 0 Å². The molecule has 8 heteroatoms. The molecule has 0 saturated carbocycles. The summed E-state index contributed by atoms with van der Waals surface area (Å²) in [4.78, 5) is 17.4. The molecule has 0 aliphatic heterocycles. The molecule has 1 N–H and O–H groups in total. The molecule has 0 aliphatic carbocycles. The number of methoxy groups -OCH3 is 2.